The molecule has 4 rings (SSSR count). The summed E-state index contributed by atoms with van der Waals surface area (Å²) in [4.78, 5) is 25.3. The first-order chi connectivity index (χ1) is 17.6. The number of methoxy groups -OCH3 is 2. The highest BCUT2D eigenvalue weighted by atomic mass is 16.5. The van der Waals surface area contributed by atoms with E-state index in [-0.39, 0.29) is 23.9 Å². The molecule has 4 aromatic rings. The first-order valence-corrected chi connectivity index (χ1v) is 11.8. The predicted octanol–water partition coefficient (Wildman–Crippen LogP) is 4.61. The highest BCUT2D eigenvalue weighted by molar-refractivity contribution is 5.77. The van der Waals surface area contributed by atoms with E-state index in [1.165, 1.54) is 10.7 Å². The Kier molecular flexibility index (Phi) is 8.13. The van der Waals surface area contributed by atoms with Crippen LogP contribution in [0, 0.1) is 0 Å². The summed E-state index contributed by atoms with van der Waals surface area (Å²) >= 11 is 0. The van der Waals surface area contributed by atoms with Gasteiger partial charge in [-0.1, -0.05) is 60.7 Å². The minimum absolute atomic E-state index is 0.0863. The number of ether oxygens (including phenoxy) is 2. The molecular formula is C29H29N3O4. The lowest BCUT2D eigenvalue weighted by Gasteiger charge is -2.20. The lowest BCUT2D eigenvalue weighted by molar-refractivity contribution is -0.121. The third-order valence-electron chi connectivity index (χ3n) is 5.89. The summed E-state index contributed by atoms with van der Waals surface area (Å²) in [7, 11) is 3.15. The molecule has 7 nitrogen and oxygen atoms in total. The highest BCUT2D eigenvalue weighted by Crippen LogP contribution is 2.31. The van der Waals surface area contributed by atoms with E-state index in [0.717, 1.165) is 16.7 Å². The van der Waals surface area contributed by atoms with Crippen molar-refractivity contribution < 1.29 is 14.3 Å². The third-order valence-corrected chi connectivity index (χ3v) is 5.89. The van der Waals surface area contributed by atoms with Gasteiger partial charge in [0.2, 0.25) is 5.91 Å². The van der Waals surface area contributed by atoms with E-state index >= 15 is 0 Å². The van der Waals surface area contributed by atoms with E-state index in [4.69, 9.17) is 9.47 Å². The molecule has 0 fully saturated rings. The van der Waals surface area contributed by atoms with E-state index in [9.17, 15) is 9.59 Å². The Hall–Kier alpha value is -4.39. The molecule has 0 saturated heterocycles. The largest absolute Gasteiger partial charge is 0.493 e. The zero-order valence-electron chi connectivity index (χ0n) is 20.4. The van der Waals surface area contributed by atoms with Crippen LogP contribution in [0.1, 0.15) is 30.0 Å². The fourth-order valence-corrected chi connectivity index (χ4v) is 4.03. The molecule has 0 unspecified atom stereocenters. The Bertz CT molecular complexity index is 1310. The number of nitrogens with one attached hydrogen (secondary N) is 1. The molecular weight excluding hydrogens is 454 g/mol. The van der Waals surface area contributed by atoms with Crippen molar-refractivity contribution in [1.82, 2.24) is 15.1 Å². The normalized spacial score (nSPS) is 10.8. The first kappa shape index (κ1) is 24.7. The third kappa shape index (κ3) is 5.99. The molecule has 36 heavy (non-hydrogen) atoms. The maximum Gasteiger partial charge on any atom is 0.266 e. The van der Waals surface area contributed by atoms with Crippen LogP contribution in [0.2, 0.25) is 0 Å². The number of hydrogen-bond donors (Lipinski definition) is 1. The number of carbonyl (C=O) groups excluding carboxylic acids is 1. The number of rotatable bonds is 10. The van der Waals surface area contributed by atoms with Crippen LogP contribution in [-0.4, -0.2) is 29.9 Å². The van der Waals surface area contributed by atoms with Crippen LogP contribution in [0.15, 0.2) is 95.8 Å². The van der Waals surface area contributed by atoms with E-state index in [1.54, 1.807) is 26.4 Å². The maximum atomic E-state index is 12.8. The molecule has 0 saturated carbocycles. The van der Waals surface area contributed by atoms with Gasteiger partial charge in [-0.05, 0) is 41.8 Å². The van der Waals surface area contributed by atoms with Crippen LogP contribution in [-0.2, 0) is 11.3 Å². The van der Waals surface area contributed by atoms with Crippen LogP contribution in [0.4, 0.5) is 0 Å². The standard InChI is InChI=1S/C29H29N3O4/c1-35-25-17-15-23(20-26(25)36-2)24-16-18-28(34)32(31-24)19-9-14-27(33)30-29(21-10-5-3-6-11-21)22-12-7-4-8-13-22/h3-8,10-13,15-18,20,29H,9,14,19H2,1-2H3,(H,30,33). The van der Waals surface area contributed by atoms with Crippen molar-refractivity contribution in [2.45, 2.75) is 25.4 Å². The van der Waals surface area contributed by atoms with E-state index in [0.29, 0.717) is 30.2 Å². The zero-order valence-corrected chi connectivity index (χ0v) is 20.4. The second-order valence-electron chi connectivity index (χ2n) is 8.28. The van der Waals surface area contributed by atoms with Crippen LogP contribution in [0.25, 0.3) is 11.3 Å². The number of aromatic nitrogens is 2. The van der Waals surface area contributed by atoms with Crippen LogP contribution < -0.4 is 20.3 Å². The molecule has 0 spiro atoms. The minimum Gasteiger partial charge on any atom is -0.493 e. The second-order valence-corrected chi connectivity index (χ2v) is 8.28. The molecule has 0 aliphatic carbocycles. The molecule has 1 heterocycles. The lowest BCUT2D eigenvalue weighted by atomic mass is 9.98. The Balaban J connectivity index is 1.43. The van der Waals surface area contributed by atoms with Gasteiger partial charge in [0, 0.05) is 24.6 Å². The molecule has 3 aromatic carbocycles. The van der Waals surface area contributed by atoms with Gasteiger partial charge in [0.05, 0.1) is 26.0 Å². The van der Waals surface area contributed by atoms with Crippen molar-refractivity contribution in [1.29, 1.82) is 0 Å². The quantitative estimate of drug-likeness (QED) is 0.356. The van der Waals surface area contributed by atoms with E-state index < -0.39 is 0 Å². The Morgan fingerprint density at radius 1 is 0.861 bits per heavy atom. The number of benzene rings is 3. The smallest absolute Gasteiger partial charge is 0.266 e. The molecule has 1 aromatic heterocycles. The predicted molar refractivity (Wildman–Crippen MR) is 139 cm³/mol. The van der Waals surface area contributed by atoms with E-state index in [2.05, 4.69) is 10.4 Å². The average Bonchev–Trinajstić information content (AvgIpc) is 2.93. The summed E-state index contributed by atoms with van der Waals surface area (Å²) in [5, 5.41) is 7.64. The Morgan fingerprint density at radius 2 is 1.50 bits per heavy atom. The number of amides is 1. The Labute approximate surface area is 210 Å². The summed E-state index contributed by atoms with van der Waals surface area (Å²) in [5.41, 5.74) is 3.24. The van der Waals surface area contributed by atoms with Gasteiger partial charge in [0.1, 0.15) is 0 Å². The summed E-state index contributed by atoms with van der Waals surface area (Å²) in [6.07, 6.45) is 0.745. The van der Waals surface area contributed by atoms with Crippen molar-refractivity contribution in [2.24, 2.45) is 0 Å². The maximum absolute atomic E-state index is 12.8. The molecule has 184 valence electrons. The molecule has 0 atom stereocenters. The van der Waals surface area contributed by atoms with Crippen LogP contribution in [0.3, 0.4) is 0 Å². The van der Waals surface area contributed by atoms with Gasteiger partial charge in [-0.3, -0.25) is 9.59 Å². The molecule has 1 amide bonds. The summed E-state index contributed by atoms with van der Waals surface area (Å²) in [6.45, 7) is 0.328. The fourth-order valence-electron chi connectivity index (χ4n) is 4.03. The summed E-state index contributed by atoms with van der Waals surface area (Å²) in [6, 6.07) is 28.1. The van der Waals surface area contributed by atoms with Crippen molar-refractivity contribution in [2.75, 3.05) is 14.2 Å². The molecule has 0 aliphatic heterocycles. The van der Waals surface area contributed by atoms with Gasteiger partial charge in [-0.2, -0.15) is 5.10 Å². The summed E-state index contributed by atoms with van der Waals surface area (Å²) < 4.78 is 12.1. The van der Waals surface area contributed by atoms with Gasteiger partial charge >= 0.3 is 0 Å². The second kappa shape index (κ2) is 11.8. The SMILES string of the molecule is COc1ccc(-c2ccc(=O)n(CCCC(=O)NC(c3ccccc3)c3ccccc3)n2)cc1OC. The molecule has 1 N–H and O–H groups in total. The fraction of sp³-hybridized carbons (Fsp3) is 0.207. The monoisotopic (exact) mass is 483 g/mol. The molecule has 0 bridgehead atoms. The number of nitrogens with zero attached hydrogens (tertiary/aromatic N) is 2. The first-order valence-electron chi connectivity index (χ1n) is 11.8. The van der Waals surface area contributed by atoms with E-state index in [1.807, 2.05) is 72.8 Å². The highest BCUT2D eigenvalue weighted by Gasteiger charge is 2.16. The van der Waals surface area contributed by atoms with Crippen molar-refractivity contribution in [3.8, 4) is 22.8 Å². The van der Waals surface area contributed by atoms with Gasteiger partial charge < -0.3 is 14.8 Å². The lowest BCUT2D eigenvalue weighted by Crippen LogP contribution is -2.30. The van der Waals surface area contributed by atoms with Crippen molar-refractivity contribution in [3.63, 3.8) is 0 Å². The van der Waals surface area contributed by atoms with Gasteiger partial charge in [0.15, 0.2) is 11.5 Å². The van der Waals surface area contributed by atoms with Gasteiger partial charge in [-0.25, -0.2) is 4.68 Å². The minimum atomic E-state index is -0.242. The van der Waals surface area contributed by atoms with Gasteiger partial charge in [-0.15, -0.1) is 0 Å². The number of aryl methyl sites for hydroxylation is 1. The van der Waals surface area contributed by atoms with Gasteiger partial charge in [0.25, 0.3) is 5.56 Å². The van der Waals surface area contributed by atoms with Crippen LogP contribution in [0.5, 0.6) is 11.5 Å². The number of carbonyl (C=O) groups is 1. The van der Waals surface area contributed by atoms with Crippen LogP contribution >= 0.6 is 0 Å². The molecule has 0 aliphatic rings. The average molecular weight is 484 g/mol. The zero-order chi connectivity index (χ0) is 25.3. The molecule has 0 radical (unpaired) electrons. The summed E-state index contributed by atoms with van der Waals surface area (Å²) in [5.74, 6) is 1.11. The molecule has 7 heteroatoms. The number of hydrogen-bond acceptors (Lipinski definition) is 5. The topological polar surface area (TPSA) is 82.5 Å². The van der Waals surface area contributed by atoms with Crippen molar-refractivity contribution >= 4 is 5.91 Å². The Morgan fingerprint density at radius 3 is 2.11 bits per heavy atom. The van der Waals surface area contributed by atoms with Crippen molar-refractivity contribution in [3.05, 3.63) is 112 Å².